The third-order valence-electron chi connectivity index (χ3n) is 2.34. The van der Waals surface area contributed by atoms with Crippen molar-refractivity contribution < 1.29 is 18.7 Å². The van der Waals surface area contributed by atoms with Gasteiger partial charge in [0.2, 0.25) is 5.91 Å². The molecule has 8 heteroatoms. The summed E-state index contributed by atoms with van der Waals surface area (Å²) < 4.78 is 9.86. The number of thioether (sulfide) groups is 1. The summed E-state index contributed by atoms with van der Waals surface area (Å²) in [6.07, 6.45) is 3.43. The fourth-order valence-electron chi connectivity index (χ4n) is 1.45. The second-order valence-corrected chi connectivity index (χ2v) is 5.08. The molecule has 1 saturated heterocycles. The van der Waals surface area contributed by atoms with Crippen molar-refractivity contribution in [1.29, 1.82) is 0 Å². The molecule has 20 heavy (non-hydrogen) atoms. The molecular weight excluding hydrogens is 282 g/mol. The van der Waals surface area contributed by atoms with Crippen LogP contribution in [-0.4, -0.2) is 35.1 Å². The molecule has 1 N–H and O–H groups in total. The van der Waals surface area contributed by atoms with E-state index in [0.29, 0.717) is 17.3 Å². The largest absolute Gasteiger partial charge is 0.466 e. The Kier molecular flexibility index (Phi) is 4.94. The molecule has 1 atom stereocenters. The summed E-state index contributed by atoms with van der Waals surface area (Å²) in [4.78, 5) is 22.3. The molecule has 2 rings (SSSR count). The minimum atomic E-state index is -0.356. The highest BCUT2D eigenvalue weighted by Crippen LogP contribution is 2.22. The first-order valence-electron chi connectivity index (χ1n) is 5.90. The number of furan rings is 1. The Morgan fingerprint density at radius 3 is 3.20 bits per heavy atom. The second kappa shape index (κ2) is 6.90. The van der Waals surface area contributed by atoms with Crippen LogP contribution in [0.15, 0.2) is 33.0 Å². The second-order valence-electron chi connectivity index (χ2n) is 3.89. The number of hydrogen-bond donors (Lipinski definition) is 1. The Bertz CT molecular complexity index is 539. The van der Waals surface area contributed by atoms with Gasteiger partial charge in [-0.05, 0) is 12.1 Å². The zero-order chi connectivity index (χ0) is 14.4. The van der Waals surface area contributed by atoms with Crippen molar-refractivity contribution in [2.24, 2.45) is 10.2 Å². The lowest BCUT2D eigenvalue weighted by atomic mass is 10.3. The van der Waals surface area contributed by atoms with Gasteiger partial charge in [0, 0.05) is 13.3 Å². The quantitative estimate of drug-likeness (QED) is 0.500. The molecule has 0 saturated carbocycles. The Labute approximate surface area is 119 Å². The topological polar surface area (TPSA) is 93.3 Å². The highest BCUT2D eigenvalue weighted by atomic mass is 32.2. The molecule has 2 heterocycles. The molecule has 0 radical (unpaired) electrons. The fraction of sp³-hybridized carbons (Fsp3) is 0.333. The number of nitrogens with one attached hydrogen (secondary N) is 1. The molecule has 1 aromatic heterocycles. The number of esters is 1. The van der Waals surface area contributed by atoms with E-state index >= 15 is 0 Å². The maximum Gasteiger partial charge on any atom is 0.302 e. The molecule has 1 aliphatic heterocycles. The Hall–Kier alpha value is -2.09. The van der Waals surface area contributed by atoms with Crippen molar-refractivity contribution in [3.8, 4) is 0 Å². The maximum atomic E-state index is 11.6. The highest BCUT2D eigenvalue weighted by molar-refractivity contribution is 8.15. The van der Waals surface area contributed by atoms with Gasteiger partial charge in [-0.25, -0.2) is 0 Å². The first-order chi connectivity index (χ1) is 9.65. The van der Waals surface area contributed by atoms with Crippen LogP contribution in [0.3, 0.4) is 0 Å². The van der Waals surface area contributed by atoms with Gasteiger partial charge in [0.05, 0.1) is 24.3 Å². The van der Waals surface area contributed by atoms with E-state index in [0.717, 1.165) is 0 Å². The van der Waals surface area contributed by atoms with Crippen LogP contribution in [0.4, 0.5) is 0 Å². The van der Waals surface area contributed by atoms with Crippen LogP contribution in [0.5, 0.6) is 0 Å². The molecule has 1 aliphatic rings. The fourth-order valence-corrected chi connectivity index (χ4v) is 2.36. The third kappa shape index (κ3) is 4.23. The molecule has 1 aromatic rings. The van der Waals surface area contributed by atoms with Gasteiger partial charge in [-0.1, -0.05) is 11.8 Å². The lowest BCUT2D eigenvalue weighted by Crippen LogP contribution is -2.25. The predicted octanol–water partition coefficient (Wildman–Crippen LogP) is 1.15. The Morgan fingerprint density at radius 2 is 2.50 bits per heavy atom. The van der Waals surface area contributed by atoms with Gasteiger partial charge >= 0.3 is 5.97 Å². The zero-order valence-electron chi connectivity index (χ0n) is 10.7. The van der Waals surface area contributed by atoms with E-state index in [9.17, 15) is 9.59 Å². The number of amidine groups is 1. The predicted molar refractivity (Wildman–Crippen MR) is 74.5 cm³/mol. The van der Waals surface area contributed by atoms with E-state index in [1.54, 1.807) is 12.1 Å². The van der Waals surface area contributed by atoms with Gasteiger partial charge in [-0.3, -0.25) is 9.59 Å². The normalized spacial score (nSPS) is 20.6. The summed E-state index contributed by atoms with van der Waals surface area (Å²) in [5.74, 6) is 0.0644. The van der Waals surface area contributed by atoms with E-state index in [1.807, 2.05) is 0 Å². The van der Waals surface area contributed by atoms with Crippen LogP contribution in [0, 0.1) is 0 Å². The number of carbonyl (C=O) groups excluding carboxylic acids is 2. The van der Waals surface area contributed by atoms with Crippen molar-refractivity contribution >= 4 is 35.0 Å². The van der Waals surface area contributed by atoms with Crippen LogP contribution in [0.1, 0.15) is 19.1 Å². The Morgan fingerprint density at radius 1 is 1.65 bits per heavy atom. The van der Waals surface area contributed by atoms with Crippen LogP contribution in [0.2, 0.25) is 0 Å². The van der Waals surface area contributed by atoms with E-state index < -0.39 is 0 Å². The zero-order valence-corrected chi connectivity index (χ0v) is 11.6. The first kappa shape index (κ1) is 14.3. The summed E-state index contributed by atoms with van der Waals surface area (Å²) in [5, 5.41) is 10.4. The van der Waals surface area contributed by atoms with Crippen molar-refractivity contribution in [3.63, 3.8) is 0 Å². The number of ether oxygens (including phenoxy) is 1. The van der Waals surface area contributed by atoms with Gasteiger partial charge < -0.3 is 14.5 Å². The number of rotatable bonds is 5. The van der Waals surface area contributed by atoms with Crippen molar-refractivity contribution in [1.82, 2.24) is 5.32 Å². The van der Waals surface area contributed by atoms with Crippen molar-refractivity contribution in [3.05, 3.63) is 24.2 Å². The van der Waals surface area contributed by atoms with Crippen molar-refractivity contribution in [2.45, 2.75) is 18.6 Å². The lowest BCUT2D eigenvalue weighted by Gasteiger charge is -2.04. The molecule has 0 spiro atoms. The van der Waals surface area contributed by atoms with E-state index in [4.69, 9.17) is 9.15 Å². The monoisotopic (exact) mass is 295 g/mol. The summed E-state index contributed by atoms with van der Waals surface area (Å²) >= 11 is 1.26. The standard InChI is InChI=1S/C12H13N3O4S/c1-8(16)18-6-4-10-11(17)14-12(20-10)15-13-7-9-3-2-5-19-9/h2-3,5,7,10H,4,6H2,1H3,(H,14,15,17)/b13-7+/t10-/m1/s1. The first-order valence-corrected chi connectivity index (χ1v) is 6.78. The summed E-state index contributed by atoms with van der Waals surface area (Å²) in [7, 11) is 0. The smallest absolute Gasteiger partial charge is 0.302 e. The number of carbonyl (C=O) groups is 2. The maximum absolute atomic E-state index is 11.6. The minimum Gasteiger partial charge on any atom is -0.466 e. The van der Waals surface area contributed by atoms with Crippen LogP contribution in [0.25, 0.3) is 0 Å². The third-order valence-corrected chi connectivity index (χ3v) is 3.48. The van der Waals surface area contributed by atoms with E-state index in [2.05, 4.69) is 15.5 Å². The van der Waals surface area contributed by atoms with Gasteiger partial charge in [-0.2, -0.15) is 5.10 Å². The average molecular weight is 295 g/mol. The van der Waals surface area contributed by atoms with Gasteiger partial charge in [-0.15, -0.1) is 5.10 Å². The SMILES string of the molecule is CC(=O)OCC[C@H]1S/C(=N\N=C\c2ccco2)NC1=O. The van der Waals surface area contributed by atoms with Gasteiger partial charge in [0.15, 0.2) is 5.17 Å². The molecule has 0 unspecified atom stereocenters. The highest BCUT2D eigenvalue weighted by Gasteiger charge is 2.30. The van der Waals surface area contributed by atoms with Gasteiger partial charge in [0.25, 0.3) is 0 Å². The molecule has 0 bridgehead atoms. The summed E-state index contributed by atoms with van der Waals surface area (Å²) in [6, 6.07) is 3.48. The lowest BCUT2D eigenvalue weighted by molar-refractivity contribution is -0.141. The number of nitrogens with zero attached hydrogens (tertiary/aromatic N) is 2. The molecule has 1 fully saturated rings. The van der Waals surface area contributed by atoms with E-state index in [1.165, 1.54) is 31.2 Å². The molecule has 106 valence electrons. The van der Waals surface area contributed by atoms with Crippen molar-refractivity contribution in [2.75, 3.05) is 6.61 Å². The van der Waals surface area contributed by atoms with Gasteiger partial charge in [0.1, 0.15) is 5.76 Å². The Balaban J connectivity index is 1.83. The number of hydrogen-bond acceptors (Lipinski definition) is 7. The summed E-state index contributed by atoms with van der Waals surface area (Å²) in [6.45, 7) is 1.54. The molecule has 0 aliphatic carbocycles. The minimum absolute atomic E-state index is 0.158. The molecular formula is C12H13N3O4S. The van der Waals surface area contributed by atoms with Crippen LogP contribution < -0.4 is 5.32 Å². The summed E-state index contributed by atoms with van der Waals surface area (Å²) in [5.41, 5.74) is 0. The van der Waals surface area contributed by atoms with E-state index in [-0.39, 0.29) is 23.7 Å². The van der Waals surface area contributed by atoms with Crippen LogP contribution in [-0.2, 0) is 14.3 Å². The molecule has 1 amide bonds. The molecule has 7 nitrogen and oxygen atoms in total. The molecule has 0 aromatic carbocycles. The number of amides is 1. The van der Waals surface area contributed by atoms with Crippen LogP contribution >= 0.6 is 11.8 Å². The average Bonchev–Trinajstić information content (AvgIpc) is 3.00.